The molecule has 0 aliphatic rings. The van der Waals surface area contributed by atoms with Crippen molar-refractivity contribution in [3.05, 3.63) is 12.2 Å². The van der Waals surface area contributed by atoms with E-state index in [4.69, 9.17) is 10.5 Å². The Morgan fingerprint density at radius 2 is 1.38 bits per heavy atom. The molecule has 2 atom stereocenters. The Bertz CT molecular complexity index is 609. The third-order valence-corrected chi connectivity index (χ3v) is 6.57. The maximum absolute atomic E-state index is 12.4. The van der Waals surface area contributed by atoms with Gasteiger partial charge < -0.3 is 20.9 Å². The third kappa shape index (κ3) is 23.0. The Morgan fingerprint density at radius 1 is 0.784 bits per heavy atom. The van der Waals surface area contributed by atoms with Crippen LogP contribution in [-0.4, -0.2) is 41.6 Å². The summed E-state index contributed by atoms with van der Waals surface area (Å²) in [6, 6.07) is -0.864. The first-order valence-electron chi connectivity index (χ1n) is 15.0. The number of carboxylic acid groups (broad SMARTS) is 1. The van der Waals surface area contributed by atoms with Crippen molar-refractivity contribution in [2.75, 3.05) is 6.54 Å². The summed E-state index contributed by atoms with van der Waals surface area (Å²) in [5, 5.41) is 11.8. The normalized spacial score (nSPS) is 12.9. The monoisotopic (exact) mass is 524 g/mol. The van der Waals surface area contributed by atoms with Crippen LogP contribution in [0.15, 0.2) is 12.2 Å². The molecule has 0 fully saturated rings. The molecular weight excluding hydrogens is 468 g/mol. The van der Waals surface area contributed by atoms with Crippen LogP contribution in [0.25, 0.3) is 0 Å². The van der Waals surface area contributed by atoms with Crippen molar-refractivity contribution in [2.24, 2.45) is 5.73 Å². The Kier molecular flexibility index (Phi) is 24.4. The van der Waals surface area contributed by atoms with E-state index < -0.39 is 12.0 Å². The van der Waals surface area contributed by atoms with Crippen LogP contribution >= 0.6 is 0 Å². The van der Waals surface area contributed by atoms with E-state index >= 15 is 0 Å². The number of aliphatic carboxylic acids is 1. The number of nitrogens with two attached hydrogens (primary N) is 1. The maximum atomic E-state index is 12.4. The molecule has 0 aromatic rings. The van der Waals surface area contributed by atoms with Gasteiger partial charge in [0.15, 0.2) is 0 Å². The molecule has 0 aromatic heterocycles. The maximum Gasteiger partial charge on any atom is 0.326 e. The fourth-order valence-corrected chi connectivity index (χ4v) is 4.23. The smallest absolute Gasteiger partial charge is 0.326 e. The highest BCUT2D eigenvalue weighted by Gasteiger charge is 2.18. The molecule has 37 heavy (non-hydrogen) atoms. The minimum Gasteiger partial charge on any atom is -0.480 e. The van der Waals surface area contributed by atoms with E-state index in [1.54, 1.807) is 0 Å². The van der Waals surface area contributed by atoms with E-state index in [1.165, 1.54) is 38.5 Å². The van der Waals surface area contributed by atoms with Crippen LogP contribution in [0.3, 0.4) is 0 Å². The number of hydrogen-bond acceptors (Lipinski definition) is 5. The van der Waals surface area contributed by atoms with Crippen molar-refractivity contribution in [2.45, 2.75) is 154 Å². The van der Waals surface area contributed by atoms with Crippen molar-refractivity contribution >= 4 is 17.8 Å². The molecule has 0 radical (unpaired) electrons. The van der Waals surface area contributed by atoms with Gasteiger partial charge in [-0.05, 0) is 57.6 Å². The molecule has 0 spiro atoms. The fraction of sp³-hybridized carbons (Fsp3) is 0.833. The lowest BCUT2D eigenvalue weighted by molar-refractivity contribution is -0.147. The summed E-state index contributed by atoms with van der Waals surface area (Å²) >= 11 is 0. The van der Waals surface area contributed by atoms with Crippen molar-refractivity contribution in [3.8, 4) is 0 Å². The number of carbonyl (C=O) groups excluding carboxylic acids is 2. The lowest BCUT2D eigenvalue weighted by Gasteiger charge is -2.15. The minimum absolute atomic E-state index is 0.101. The van der Waals surface area contributed by atoms with E-state index in [0.29, 0.717) is 38.6 Å². The Labute approximate surface area is 226 Å². The van der Waals surface area contributed by atoms with Gasteiger partial charge in [0.25, 0.3) is 0 Å². The Morgan fingerprint density at radius 3 is 2.00 bits per heavy atom. The number of carbonyl (C=O) groups is 3. The van der Waals surface area contributed by atoms with Crippen LogP contribution in [0.5, 0.6) is 0 Å². The van der Waals surface area contributed by atoms with Crippen LogP contribution in [0.4, 0.5) is 0 Å². The highest BCUT2D eigenvalue weighted by Crippen LogP contribution is 2.15. The predicted molar refractivity (Wildman–Crippen MR) is 151 cm³/mol. The van der Waals surface area contributed by atoms with Gasteiger partial charge in [0.1, 0.15) is 12.1 Å². The number of hydrogen-bond donors (Lipinski definition) is 3. The molecule has 0 aromatic carbocycles. The summed E-state index contributed by atoms with van der Waals surface area (Å²) in [4.78, 5) is 35.7. The molecule has 0 rings (SSSR count). The number of amides is 1. The van der Waals surface area contributed by atoms with Gasteiger partial charge in [-0.15, -0.1) is 0 Å². The summed E-state index contributed by atoms with van der Waals surface area (Å²) in [5.74, 6) is -1.34. The van der Waals surface area contributed by atoms with E-state index in [1.807, 2.05) is 6.08 Å². The second kappa shape index (κ2) is 25.7. The molecule has 0 saturated carbocycles. The van der Waals surface area contributed by atoms with Gasteiger partial charge in [-0.3, -0.25) is 9.59 Å². The second-order valence-corrected chi connectivity index (χ2v) is 10.2. The van der Waals surface area contributed by atoms with Crippen molar-refractivity contribution in [1.82, 2.24) is 5.32 Å². The number of esters is 1. The number of carboxylic acids is 1. The van der Waals surface area contributed by atoms with E-state index in [2.05, 4.69) is 25.2 Å². The summed E-state index contributed by atoms with van der Waals surface area (Å²) in [6.07, 6.45) is 22.9. The van der Waals surface area contributed by atoms with E-state index in [9.17, 15) is 19.5 Å². The molecule has 216 valence electrons. The molecule has 0 heterocycles. The first-order valence-corrected chi connectivity index (χ1v) is 15.0. The average molecular weight is 525 g/mol. The fourth-order valence-electron chi connectivity index (χ4n) is 4.23. The largest absolute Gasteiger partial charge is 0.480 e. The van der Waals surface area contributed by atoms with E-state index in [0.717, 1.165) is 57.8 Å². The zero-order valence-electron chi connectivity index (χ0n) is 23.8. The number of ether oxygens (including phenoxy) is 1. The molecule has 1 amide bonds. The second-order valence-electron chi connectivity index (χ2n) is 10.2. The SMILES string of the molecule is CCCC/C=C\C(CCCCCCC(=O)NC(CCCN)C(=O)O)OC(=O)CCCCCCCCCC. The highest BCUT2D eigenvalue weighted by atomic mass is 16.5. The summed E-state index contributed by atoms with van der Waals surface area (Å²) < 4.78 is 5.78. The average Bonchev–Trinajstić information content (AvgIpc) is 2.87. The highest BCUT2D eigenvalue weighted by molar-refractivity contribution is 5.83. The first kappa shape index (κ1) is 35.1. The van der Waals surface area contributed by atoms with Crippen LogP contribution < -0.4 is 11.1 Å². The van der Waals surface area contributed by atoms with Gasteiger partial charge in [-0.25, -0.2) is 4.79 Å². The van der Waals surface area contributed by atoms with Crippen LogP contribution in [0.2, 0.25) is 0 Å². The van der Waals surface area contributed by atoms with Gasteiger partial charge in [0, 0.05) is 12.8 Å². The Hall–Kier alpha value is -1.89. The van der Waals surface area contributed by atoms with Gasteiger partial charge in [-0.1, -0.05) is 90.6 Å². The number of rotatable bonds is 26. The molecule has 0 aliphatic carbocycles. The Balaban J connectivity index is 4.21. The topological polar surface area (TPSA) is 119 Å². The van der Waals surface area contributed by atoms with Gasteiger partial charge in [-0.2, -0.15) is 0 Å². The van der Waals surface area contributed by atoms with Gasteiger partial charge in [0.05, 0.1) is 0 Å². The molecule has 7 nitrogen and oxygen atoms in total. The van der Waals surface area contributed by atoms with Crippen molar-refractivity contribution < 1.29 is 24.2 Å². The van der Waals surface area contributed by atoms with Crippen LogP contribution in [-0.2, 0) is 19.1 Å². The minimum atomic E-state index is -1.02. The zero-order valence-corrected chi connectivity index (χ0v) is 23.8. The predicted octanol–water partition coefficient (Wildman–Crippen LogP) is 6.82. The number of unbranched alkanes of at least 4 members (excludes halogenated alkanes) is 12. The standard InChI is InChI=1S/C30H56N2O5/c1-3-5-7-9-10-11-12-18-24-29(34)37-26(20-15-8-6-4-2)21-16-13-14-17-23-28(33)32-27(30(35)36)22-19-25-31/h15,20,26-27H,3-14,16-19,21-25,31H2,1-2H3,(H,32,33)(H,35,36)/b20-15-. The molecule has 0 bridgehead atoms. The summed E-state index contributed by atoms with van der Waals surface area (Å²) in [6.45, 7) is 4.80. The lowest BCUT2D eigenvalue weighted by atomic mass is 10.1. The molecule has 4 N–H and O–H groups in total. The van der Waals surface area contributed by atoms with E-state index in [-0.39, 0.29) is 18.0 Å². The van der Waals surface area contributed by atoms with Crippen LogP contribution in [0, 0.1) is 0 Å². The quantitative estimate of drug-likeness (QED) is 0.0648. The first-order chi connectivity index (χ1) is 17.9. The van der Waals surface area contributed by atoms with Crippen molar-refractivity contribution in [1.29, 1.82) is 0 Å². The third-order valence-electron chi connectivity index (χ3n) is 6.57. The molecule has 0 aliphatic heterocycles. The van der Waals surface area contributed by atoms with Crippen molar-refractivity contribution in [3.63, 3.8) is 0 Å². The van der Waals surface area contributed by atoms with Gasteiger partial charge >= 0.3 is 11.9 Å². The molecular formula is C30H56N2O5. The molecule has 2 unspecified atom stereocenters. The zero-order chi connectivity index (χ0) is 27.6. The molecule has 0 saturated heterocycles. The van der Waals surface area contributed by atoms with Crippen LogP contribution in [0.1, 0.15) is 142 Å². The lowest BCUT2D eigenvalue weighted by Crippen LogP contribution is -2.40. The van der Waals surface area contributed by atoms with Gasteiger partial charge in [0.2, 0.25) is 5.91 Å². The summed E-state index contributed by atoms with van der Waals surface area (Å²) in [7, 11) is 0. The number of allylic oxidation sites excluding steroid dienone is 1. The molecule has 7 heteroatoms. The number of nitrogens with one attached hydrogen (secondary N) is 1. The summed E-state index contributed by atoms with van der Waals surface area (Å²) in [5.41, 5.74) is 5.43.